The van der Waals surface area contributed by atoms with Crippen LogP contribution in [0.5, 0.6) is 0 Å². The van der Waals surface area contributed by atoms with E-state index in [2.05, 4.69) is 6.92 Å². The summed E-state index contributed by atoms with van der Waals surface area (Å²) in [4.78, 5) is 11.9. The van der Waals surface area contributed by atoms with Crippen LogP contribution in [0.3, 0.4) is 0 Å². The van der Waals surface area contributed by atoms with E-state index < -0.39 is 0 Å². The minimum Gasteiger partial charge on any atom is -0.463 e. The van der Waals surface area contributed by atoms with Gasteiger partial charge in [0.05, 0.1) is 165 Å². The van der Waals surface area contributed by atoms with Crippen LogP contribution in [0.4, 0.5) is 0 Å². The molecule has 0 aliphatic heterocycles. The lowest BCUT2D eigenvalue weighted by molar-refractivity contribution is -0.145. The number of ether oxygens (including phenoxy) is 13. The van der Waals surface area contributed by atoms with Crippen molar-refractivity contribution in [2.24, 2.45) is 0 Å². The molecule has 0 heterocycles. The number of esters is 1. The van der Waals surface area contributed by atoms with Crippen molar-refractivity contribution < 1.29 is 71.5 Å². The third-order valence-electron chi connectivity index (χ3n) is 9.30. The van der Waals surface area contributed by atoms with Crippen LogP contribution in [0.25, 0.3) is 0 Å². The summed E-state index contributed by atoms with van der Waals surface area (Å²) in [6.07, 6.45) is 23.1. The van der Waals surface area contributed by atoms with Crippen molar-refractivity contribution in [2.45, 2.75) is 122 Å². The van der Waals surface area contributed by atoms with Crippen molar-refractivity contribution >= 4 is 5.97 Å². The van der Waals surface area contributed by atoms with Gasteiger partial charge in [0.1, 0.15) is 6.61 Å². The Morgan fingerprint density at radius 2 is 0.475 bits per heavy atom. The first-order chi connectivity index (χ1) is 30.3. The Morgan fingerprint density at radius 3 is 0.705 bits per heavy atom. The zero-order valence-electron chi connectivity index (χ0n) is 38.8. The van der Waals surface area contributed by atoms with Crippen LogP contribution >= 0.6 is 0 Å². The fourth-order valence-electron chi connectivity index (χ4n) is 5.87. The van der Waals surface area contributed by atoms with Gasteiger partial charge in [-0.25, -0.2) is 0 Å². The van der Waals surface area contributed by atoms with Crippen molar-refractivity contribution in [1.82, 2.24) is 0 Å². The van der Waals surface area contributed by atoms with Gasteiger partial charge in [-0.1, -0.05) is 110 Å². The zero-order valence-corrected chi connectivity index (χ0v) is 38.8. The second-order valence-electron chi connectivity index (χ2n) is 14.7. The van der Waals surface area contributed by atoms with Gasteiger partial charge in [0.25, 0.3) is 0 Å². The summed E-state index contributed by atoms with van der Waals surface area (Å²) in [5.74, 6) is -0.132. The van der Waals surface area contributed by atoms with Gasteiger partial charge < -0.3 is 66.7 Å². The average molecular weight is 885 g/mol. The predicted molar refractivity (Wildman–Crippen MR) is 237 cm³/mol. The molecule has 366 valence electrons. The number of hydrogen-bond acceptors (Lipinski definition) is 15. The van der Waals surface area contributed by atoms with Gasteiger partial charge >= 0.3 is 5.97 Å². The van der Waals surface area contributed by atoms with E-state index in [0.717, 1.165) is 12.8 Å². The highest BCUT2D eigenvalue weighted by Gasteiger charge is 2.03. The molecule has 61 heavy (non-hydrogen) atoms. The summed E-state index contributed by atoms with van der Waals surface area (Å²) < 4.78 is 70.6. The minimum absolute atomic E-state index is 0.0224. The first-order valence-electron chi connectivity index (χ1n) is 24.0. The lowest BCUT2D eigenvalue weighted by Gasteiger charge is -2.09. The van der Waals surface area contributed by atoms with Gasteiger partial charge in [0.2, 0.25) is 0 Å². The topological polar surface area (TPSA) is 157 Å². The number of aliphatic hydroxyl groups is 1. The van der Waals surface area contributed by atoms with Crippen molar-refractivity contribution in [3.05, 3.63) is 0 Å². The van der Waals surface area contributed by atoms with E-state index in [1.165, 1.54) is 96.3 Å². The van der Waals surface area contributed by atoms with Crippen LogP contribution in [0.1, 0.15) is 122 Å². The fourth-order valence-corrected chi connectivity index (χ4v) is 5.87. The normalized spacial score (nSPS) is 11.6. The van der Waals surface area contributed by atoms with E-state index in [9.17, 15) is 4.79 Å². The summed E-state index contributed by atoms with van der Waals surface area (Å²) in [6.45, 7) is 14.1. The van der Waals surface area contributed by atoms with E-state index >= 15 is 0 Å². The number of unbranched alkanes of at least 4 members (excludes halogenated alkanes) is 16. The van der Waals surface area contributed by atoms with Crippen molar-refractivity contribution in [3.63, 3.8) is 0 Å². The van der Waals surface area contributed by atoms with Gasteiger partial charge in [-0.3, -0.25) is 4.79 Å². The molecule has 15 heteroatoms. The highest BCUT2D eigenvalue weighted by atomic mass is 16.6. The van der Waals surface area contributed by atoms with Crippen molar-refractivity contribution in [2.75, 3.05) is 172 Å². The first-order valence-corrected chi connectivity index (χ1v) is 24.0. The number of hydrogen-bond donors (Lipinski definition) is 1. The largest absolute Gasteiger partial charge is 0.463 e. The van der Waals surface area contributed by atoms with Crippen LogP contribution in [-0.2, 0) is 66.4 Å². The Hall–Kier alpha value is -1.05. The Bertz CT molecular complexity index is 798. The second-order valence-corrected chi connectivity index (χ2v) is 14.7. The molecule has 1 N–H and O–H groups in total. The number of aliphatic hydroxyl groups excluding tert-OH is 1. The Morgan fingerprint density at radius 1 is 0.279 bits per heavy atom. The molecular formula is C46H92O15. The highest BCUT2D eigenvalue weighted by molar-refractivity contribution is 5.69. The Kier molecular flexibility index (Phi) is 56.0. The van der Waals surface area contributed by atoms with E-state index in [4.69, 9.17) is 66.7 Å². The van der Waals surface area contributed by atoms with E-state index in [-0.39, 0.29) is 19.2 Å². The smallest absolute Gasteiger partial charge is 0.305 e. The van der Waals surface area contributed by atoms with Crippen LogP contribution in [0, 0.1) is 0 Å². The number of rotatable bonds is 56. The molecule has 0 rings (SSSR count). The monoisotopic (exact) mass is 885 g/mol. The molecule has 0 aromatic rings. The molecule has 15 nitrogen and oxygen atoms in total. The molecule has 0 amide bonds. The number of carbonyl (C=O) groups is 1. The summed E-state index contributed by atoms with van der Waals surface area (Å²) in [6, 6.07) is 0. The second kappa shape index (κ2) is 57.0. The van der Waals surface area contributed by atoms with Gasteiger partial charge in [0, 0.05) is 6.42 Å². The Labute approximate surface area is 371 Å². The minimum atomic E-state index is -0.132. The fraction of sp³-hybridized carbons (Fsp3) is 0.978. The lowest BCUT2D eigenvalue weighted by atomic mass is 10.0. The maximum atomic E-state index is 11.9. The van der Waals surface area contributed by atoms with E-state index in [1.807, 2.05) is 0 Å². The molecular weight excluding hydrogens is 792 g/mol. The summed E-state index contributed by atoms with van der Waals surface area (Å²) in [5.41, 5.74) is 0. The standard InChI is InChI=1S/C46H92O15/c1-2-3-4-5-6-7-8-9-10-11-12-13-14-15-16-17-18-19-46(48)61-45-44-60-43-42-59-41-40-58-39-38-57-37-36-56-35-34-55-33-32-54-31-30-53-29-28-52-27-26-51-25-24-50-23-22-49-21-20-47/h47H,2-45H2,1H3. The zero-order chi connectivity index (χ0) is 43.9. The van der Waals surface area contributed by atoms with Gasteiger partial charge in [-0.2, -0.15) is 0 Å². The molecule has 0 atom stereocenters. The third-order valence-corrected chi connectivity index (χ3v) is 9.30. The van der Waals surface area contributed by atoms with Crippen LogP contribution in [-0.4, -0.2) is 183 Å². The molecule has 0 saturated carbocycles. The van der Waals surface area contributed by atoms with Crippen molar-refractivity contribution in [1.29, 1.82) is 0 Å². The lowest BCUT2D eigenvalue weighted by Crippen LogP contribution is -2.15. The molecule has 0 saturated heterocycles. The maximum absolute atomic E-state index is 11.9. The number of carbonyl (C=O) groups excluding carboxylic acids is 1. The molecule has 0 unspecified atom stereocenters. The molecule has 0 aliphatic carbocycles. The molecule has 0 radical (unpaired) electrons. The Balaban J connectivity index is 3.13. The summed E-state index contributed by atoms with van der Waals surface area (Å²) >= 11 is 0. The van der Waals surface area contributed by atoms with Crippen LogP contribution < -0.4 is 0 Å². The third kappa shape index (κ3) is 56.9. The highest BCUT2D eigenvalue weighted by Crippen LogP contribution is 2.14. The van der Waals surface area contributed by atoms with Gasteiger partial charge in [-0.15, -0.1) is 0 Å². The maximum Gasteiger partial charge on any atom is 0.305 e. The molecule has 0 bridgehead atoms. The summed E-state index contributed by atoms with van der Waals surface area (Å²) in [7, 11) is 0. The van der Waals surface area contributed by atoms with Gasteiger partial charge in [-0.05, 0) is 6.42 Å². The molecule has 0 aromatic carbocycles. The van der Waals surface area contributed by atoms with Crippen molar-refractivity contribution in [3.8, 4) is 0 Å². The predicted octanol–water partition coefficient (Wildman–Crippen LogP) is 6.76. The summed E-state index contributed by atoms with van der Waals surface area (Å²) in [5, 5.41) is 8.60. The van der Waals surface area contributed by atoms with E-state index in [0.29, 0.717) is 165 Å². The van der Waals surface area contributed by atoms with Gasteiger partial charge in [0.15, 0.2) is 0 Å². The first kappa shape index (κ1) is 60.0. The molecule has 0 fully saturated rings. The van der Waals surface area contributed by atoms with E-state index in [1.54, 1.807) is 0 Å². The van der Waals surface area contributed by atoms with Crippen LogP contribution in [0.15, 0.2) is 0 Å². The van der Waals surface area contributed by atoms with Crippen LogP contribution in [0.2, 0.25) is 0 Å². The molecule has 0 aromatic heterocycles. The average Bonchev–Trinajstić information content (AvgIpc) is 3.27. The SMILES string of the molecule is CCCCCCCCCCCCCCCCCCCC(=O)OCCOCCOCCOCCOCCOCCOCCOCCOCCOCCOCCOCCOCCO. The quantitative estimate of drug-likeness (QED) is 0.0504. The molecule has 0 spiro atoms. The molecule has 0 aliphatic rings.